The monoisotopic (exact) mass is 478 g/mol. The van der Waals surface area contributed by atoms with Gasteiger partial charge in [0.15, 0.2) is 0 Å². The standard InChI is InChI=1S/C22H24.C12H14S/c1-5-10-16(11-6-2)17-13-9-15-20-21(17)18-12-7-8-14-19(18)22(20,3)4;1-5-7-11-9(3)10(4)12(13-11)8-6-2/h5,7-15H,6H2,1-4H3;5-8H,1,3H2,2,4H3/b10-5-,16-11+;8-6-,11-7+. The van der Waals surface area contributed by atoms with Crippen LogP contribution in [0.2, 0.25) is 0 Å². The summed E-state index contributed by atoms with van der Waals surface area (Å²) in [6.07, 6.45) is 15.7. The van der Waals surface area contributed by atoms with Crippen LogP contribution >= 0.6 is 11.3 Å². The minimum absolute atomic E-state index is 0.0786. The molecule has 0 amide bonds. The predicted octanol–water partition coefficient (Wildman–Crippen LogP) is 8.83. The summed E-state index contributed by atoms with van der Waals surface area (Å²) in [6.45, 7) is 20.8. The fourth-order valence-electron chi connectivity index (χ4n) is 4.80. The molecule has 180 valence electrons. The average Bonchev–Trinajstić information content (AvgIpc) is 3.25. The van der Waals surface area contributed by atoms with Crippen molar-refractivity contribution in [3.05, 3.63) is 116 Å². The summed E-state index contributed by atoms with van der Waals surface area (Å²) in [7, 11) is 0. The van der Waals surface area contributed by atoms with Crippen molar-refractivity contribution in [2.24, 2.45) is 0 Å². The fraction of sp³-hybridized carbons (Fsp3) is 0.235. The Morgan fingerprint density at radius 2 is 1.71 bits per heavy atom. The molecule has 1 heteroatoms. The molecule has 0 fully saturated rings. The number of fused-ring (bicyclic) bond motifs is 3. The summed E-state index contributed by atoms with van der Waals surface area (Å²) in [5.74, 6) is 0. The minimum Gasteiger partial charge on any atom is -0.136 e. The van der Waals surface area contributed by atoms with Crippen LogP contribution < -0.4 is 9.75 Å². The van der Waals surface area contributed by atoms with Crippen LogP contribution in [0.15, 0.2) is 79.4 Å². The van der Waals surface area contributed by atoms with Crippen LogP contribution in [0.4, 0.5) is 0 Å². The van der Waals surface area contributed by atoms with E-state index in [-0.39, 0.29) is 5.41 Å². The average molecular weight is 479 g/mol. The van der Waals surface area contributed by atoms with E-state index < -0.39 is 0 Å². The summed E-state index contributed by atoms with van der Waals surface area (Å²) in [4.78, 5) is 1.29. The molecule has 1 heterocycles. The number of benzene rings is 2. The zero-order valence-corrected chi connectivity index (χ0v) is 22.9. The van der Waals surface area contributed by atoms with Gasteiger partial charge in [0.2, 0.25) is 0 Å². The maximum atomic E-state index is 4.04. The Hall–Kier alpha value is -3.16. The van der Waals surface area contributed by atoms with Crippen LogP contribution in [0.1, 0.15) is 68.2 Å². The maximum Gasteiger partial charge on any atom is 0.0345 e. The van der Waals surface area contributed by atoms with Gasteiger partial charge in [-0.2, -0.15) is 0 Å². The van der Waals surface area contributed by atoms with Gasteiger partial charge in [0, 0.05) is 14.8 Å². The van der Waals surface area contributed by atoms with Gasteiger partial charge in [0.25, 0.3) is 0 Å². The van der Waals surface area contributed by atoms with Gasteiger partial charge in [-0.05, 0) is 83.5 Å². The van der Waals surface area contributed by atoms with Crippen LogP contribution in [0.25, 0.3) is 35.4 Å². The molecule has 1 aliphatic rings. The van der Waals surface area contributed by atoms with Crippen LogP contribution in [-0.4, -0.2) is 0 Å². The van der Waals surface area contributed by atoms with Gasteiger partial charge in [-0.3, -0.25) is 0 Å². The first-order valence-corrected chi connectivity index (χ1v) is 13.2. The molecule has 4 rings (SSSR count). The van der Waals surface area contributed by atoms with Gasteiger partial charge in [0.05, 0.1) is 0 Å². The fourth-order valence-corrected chi connectivity index (χ4v) is 5.96. The topological polar surface area (TPSA) is 0 Å². The highest BCUT2D eigenvalue weighted by Crippen LogP contribution is 2.51. The lowest BCUT2D eigenvalue weighted by atomic mass is 9.82. The molecule has 0 aliphatic heterocycles. The molecule has 0 N–H and O–H groups in total. The first-order valence-electron chi connectivity index (χ1n) is 12.4. The summed E-state index contributed by atoms with van der Waals surface area (Å²) < 4.78 is 1.21. The molecule has 0 saturated heterocycles. The molecule has 0 spiro atoms. The van der Waals surface area contributed by atoms with Crippen LogP contribution in [0.3, 0.4) is 0 Å². The molecule has 35 heavy (non-hydrogen) atoms. The van der Waals surface area contributed by atoms with Crippen molar-refractivity contribution in [1.82, 2.24) is 0 Å². The van der Waals surface area contributed by atoms with Gasteiger partial charge >= 0.3 is 0 Å². The summed E-state index contributed by atoms with van der Waals surface area (Å²) in [5.41, 5.74) is 9.73. The third-order valence-corrected chi connectivity index (χ3v) is 7.88. The van der Waals surface area contributed by atoms with E-state index in [9.17, 15) is 0 Å². The Labute approximate surface area is 216 Å². The molecule has 0 radical (unpaired) electrons. The number of hydrogen-bond acceptors (Lipinski definition) is 1. The summed E-state index contributed by atoms with van der Waals surface area (Å²) in [6, 6.07) is 15.6. The zero-order chi connectivity index (χ0) is 25.6. The van der Waals surface area contributed by atoms with E-state index in [4.69, 9.17) is 0 Å². The molecule has 1 aliphatic carbocycles. The first-order chi connectivity index (χ1) is 16.8. The molecule has 0 unspecified atom stereocenters. The molecule has 3 aromatic rings. The van der Waals surface area contributed by atoms with Crippen molar-refractivity contribution in [2.45, 2.75) is 53.4 Å². The van der Waals surface area contributed by atoms with Crippen molar-refractivity contribution in [2.75, 3.05) is 0 Å². The van der Waals surface area contributed by atoms with Gasteiger partial charge in [0.1, 0.15) is 0 Å². The smallest absolute Gasteiger partial charge is 0.0345 e. The van der Waals surface area contributed by atoms with Gasteiger partial charge in [-0.25, -0.2) is 0 Å². The van der Waals surface area contributed by atoms with E-state index in [0.29, 0.717) is 0 Å². The summed E-state index contributed by atoms with van der Waals surface area (Å²) >= 11 is 1.76. The number of hydrogen-bond donors (Lipinski definition) is 0. The Kier molecular flexibility index (Phi) is 8.70. The Bertz CT molecular complexity index is 1400. The second-order valence-corrected chi connectivity index (χ2v) is 10.4. The van der Waals surface area contributed by atoms with E-state index in [1.165, 1.54) is 48.4 Å². The van der Waals surface area contributed by atoms with Crippen molar-refractivity contribution in [3.63, 3.8) is 0 Å². The lowest BCUT2D eigenvalue weighted by Crippen LogP contribution is -2.17. The van der Waals surface area contributed by atoms with E-state index in [1.54, 1.807) is 17.4 Å². The summed E-state index contributed by atoms with van der Waals surface area (Å²) in [5, 5.41) is 1.12. The van der Waals surface area contributed by atoms with E-state index in [2.05, 4.69) is 121 Å². The third-order valence-electron chi connectivity index (χ3n) is 6.62. The Morgan fingerprint density at radius 3 is 2.37 bits per heavy atom. The largest absolute Gasteiger partial charge is 0.136 e. The molecular weight excluding hydrogens is 440 g/mol. The zero-order valence-electron chi connectivity index (χ0n) is 22.1. The molecular formula is C34H38S. The normalized spacial score (nSPS) is 14.7. The molecule has 0 nitrogen and oxygen atoms in total. The van der Waals surface area contributed by atoms with Crippen LogP contribution in [0.5, 0.6) is 0 Å². The molecule has 0 saturated carbocycles. The molecule has 2 aromatic carbocycles. The second kappa shape index (κ2) is 11.5. The van der Waals surface area contributed by atoms with Crippen LogP contribution in [-0.2, 0) is 5.41 Å². The Morgan fingerprint density at radius 1 is 1.00 bits per heavy atom. The third kappa shape index (κ3) is 5.26. The molecule has 1 aromatic heterocycles. The Balaban J connectivity index is 0.000000225. The predicted molar refractivity (Wildman–Crippen MR) is 160 cm³/mol. The number of allylic oxidation sites excluding steroid dienone is 6. The maximum absolute atomic E-state index is 4.04. The highest BCUT2D eigenvalue weighted by atomic mass is 32.1. The lowest BCUT2D eigenvalue weighted by molar-refractivity contribution is 0.660. The lowest BCUT2D eigenvalue weighted by Gasteiger charge is -2.21. The van der Waals surface area contributed by atoms with Crippen LogP contribution in [0, 0.1) is 6.92 Å². The highest BCUT2D eigenvalue weighted by Gasteiger charge is 2.36. The van der Waals surface area contributed by atoms with Crippen molar-refractivity contribution < 1.29 is 0 Å². The quantitative estimate of drug-likeness (QED) is 0.321. The van der Waals surface area contributed by atoms with E-state index in [0.717, 1.165) is 11.6 Å². The number of rotatable bonds is 5. The van der Waals surface area contributed by atoms with Crippen molar-refractivity contribution in [1.29, 1.82) is 0 Å². The van der Waals surface area contributed by atoms with E-state index in [1.807, 2.05) is 13.0 Å². The van der Waals surface area contributed by atoms with E-state index >= 15 is 0 Å². The SMILES string of the molecule is C/C=C\C(=C/CC)c1cccc2c1-c1ccccc1C2(C)C.C=C/C=c1/sc(/C=C\C)c(C)c1=C. The van der Waals surface area contributed by atoms with Crippen molar-refractivity contribution in [3.8, 4) is 11.1 Å². The number of thiophene rings is 1. The second-order valence-electron chi connectivity index (χ2n) is 9.30. The van der Waals surface area contributed by atoms with Gasteiger partial charge in [-0.15, -0.1) is 11.3 Å². The highest BCUT2D eigenvalue weighted by molar-refractivity contribution is 7.11. The minimum atomic E-state index is 0.0786. The first kappa shape index (κ1) is 26.4. The van der Waals surface area contributed by atoms with Gasteiger partial charge < -0.3 is 0 Å². The van der Waals surface area contributed by atoms with Gasteiger partial charge in [-0.1, -0.05) is 107 Å². The molecule has 0 bridgehead atoms. The van der Waals surface area contributed by atoms with Crippen molar-refractivity contribution >= 4 is 35.6 Å². The molecule has 0 atom stereocenters.